The first-order chi connectivity index (χ1) is 20.1. The SMILES string of the molecule is N#Cc1ccc(-c2nc3cc(-c4c(F)cc(C#N)cc4F)ccc3c3c2cc(-c2ccccc2)c2nsnc23)cc1. The second-order valence-corrected chi connectivity index (χ2v) is 10.0. The van der Waals surface area contributed by atoms with Gasteiger partial charge in [-0.05, 0) is 47.5 Å². The molecule has 0 saturated heterocycles. The van der Waals surface area contributed by atoms with Crippen LogP contribution >= 0.6 is 11.7 Å². The van der Waals surface area contributed by atoms with Crippen LogP contribution in [0.4, 0.5) is 8.78 Å². The number of nitriles is 2. The van der Waals surface area contributed by atoms with E-state index in [1.54, 1.807) is 36.4 Å². The maximum atomic E-state index is 15.0. The molecule has 0 amide bonds. The number of pyridine rings is 1. The van der Waals surface area contributed by atoms with Crippen molar-refractivity contribution in [3.8, 4) is 45.6 Å². The van der Waals surface area contributed by atoms with Crippen molar-refractivity contribution in [3.05, 3.63) is 114 Å². The average Bonchev–Trinajstić information content (AvgIpc) is 3.50. The third-order valence-corrected chi connectivity index (χ3v) is 7.65. The summed E-state index contributed by atoms with van der Waals surface area (Å²) in [5.74, 6) is -1.65. The number of rotatable bonds is 3. The van der Waals surface area contributed by atoms with Crippen molar-refractivity contribution in [2.24, 2.45) is 0 Å². The van der Waals surface area contributed by atoms with Crippen molar-refractivity contribution < 1.29 is 8.78 Å². The van der Waals surface area contributed by atoms with E-state index in [9.17, 15) is 14.0 Å². The second-order valence-electron chi connectivity index (χ2n) is 9.48. The van der Waals surface area contributed by atoms with Crippen molar-refractivity contribution in [1.29, 1.82) is 10.5 Å². The molecule has 0 bridgehead atoms. The van der Waals surface area contributed by atoms with Crippen LogP contribution in [0.25, 0.3) is 66.2 Å². The lowest BCUT2D eigenvalue weighted by atomic mass is 9.93. The van der Waals surface area contributed by atoms with E-state index < -0.39 is 11.6 Å². The molecule has 2 aromatic heterocycles. The molecule has 192 valence electrons. The molecule has 0 spiro atoms. The first-order valence-electron chi connectivity index (χ1n) is 12.5. The minimum absolute atomic E-state index is 0.0931. The highest BCUT2D eigenvalue weighted by molar-refractivity contribution is 7.00. The number of halogens is 2. The zero-order valence-electron chi connectivity index (χ0n) is 21.1. The van der Waals surface area contributed by atoms with Gasteiger partial charge in [0.15, 0.2) is 0 Å². The van der Waals surface area contributed by atoms with E-state index in [0.717, 1.165) is 62.2 Å². The molecule has 5 nitrogen and oxygen atoms in total. The van der Waals surface area contributed by atoms with Crippen molar-refractivity contribution >= 4 is 44.4 Å². The van der Waals surface area contributed by atoms with Gasteiger partial charge in [0, 0.05) is 27.3 Å². The van der Waals surface area contributed by atoms with Gasteiger partial charge in [-0.3, -0.25) is 0 Å². The maximum absolute atomic E-state index is 15.0. The summed E-state index contributed by atoms with van der Waals surface area (Å²) >= 11 is 1.12. The monoisotopic (exact) mass is 551 g/mol. The first-order valence-corrected chi connectivity index (χ1v) is 13.3. The van der Waals surface area contributed by atoms with Crippen LogP contribution in [0.1, 0.15) is 11.1 Å². The zero-order valence-corrected chi connectivity index (χ0v) is 21.9. The summed E-state index contributed by atoms with van der Waals surface area (Å²) < 4.78 is 39.3. The molecule has 0 aliphatic rings. The number of hydrogen-bond donors (Lipinski definition) is 0. The molecule has 0 aliphatic heterocycles. The van der Waals surface area contributed by atoms with E-state index in [0.29, 0.717) is 27.9 Å². The fourth-order valence-electron chi connectivity index (χ4n) is 5.25. The molecule has 0 N–H and O–H groups in total. The summed E-state index contributed by atoms with van der Waals surface area (Å²) in [4.78, 5) is 5.01. The molecular formula is C33H15F2N5S. The van der Waals surface area contributed by atoms with Gasteiger partial charge in [0.1, 0.15) is 22.7 Å². The van der Waals surface area contributed by atoms with Crippen molar-refractivity contribution in [3.63, 3.8) is 0 Å². The standard InChI is InChI=1S/C33H15F2N5S/c34-26-12-19(17-37)13-27(35)29(26)22-10-11-23-28(14-22)38-31(21-8-6-18(16-36)7-9-21)25-15-24(20-4-2-1-3-5-20)32-33(30(23)25)40-41-39-32/h1-15H. The molecule has 7 rings (SSSR count). The fraction of sp³-hybridized carbons (Fsp3) is 0. The summed E-state index contributed by atoms with van der Waals surface area (Å²) in [6, 6.07) is 30.2. The van der Waals surface area contributed by atoms with E-state index in [-0.39, 0.29) is 11.1 Å². The lowest BCUT2D eigenvalue weighted by Gasteiger charge is -2.14. The third kappa shape index (κ3) is 3.98. The topological polar surface area (TPSA) is 86.2 Å². The van der Waals surface area contributed by atoms with E-state index >= 15 is 0 Å². The van der Waals surface area contributed by atoms with Crippen molar-refractivity contribution in [2.75, 3.05) is 0 Å². The summed E-state index contributed by atoms with van der Waals surface area (Å²) in [6.45, 7) is 0. The Morgan fingerprint density at radius 3 is 2.02 bits per heavy atom. The number of aromatic nitrogens is 3. The molecular weight excluding hydrogens is 536 g/mol. The first kappa shape index (κ1) is 24.5. The smallest absolute Gasteiger partial charge is 0.135 e. The predicted molar refractivity (Wildman–Crippen MR) is 156 cm³/mol. The van der Waals surface area contributed by atoms with Crippen LogP contribution in [0.3, 0.4) is 0 Å². The number of fused-ring (bicyclic) bond motifs is 5. The summed E-state index contributed by atoms with van der Waals surface area (Å²) in [6.07, 6.45) is 0. The third-order valence-electron chi connectivity index (χ3n) is 7.13. The molecule has 0 radical (unpaired) electrons. The van der Waals surface area contributed by atoms with Crippen LogP contribution in [0, 0.1) is 34.3 Å². The number of hydrogen-bond acceptors (Lipinski definition) is 6. The Bertz CT molecular complexity index is 2220. The summed E-state index contributed by atoms with van der Waals surface area (Å²) in [5, 5.41) is 20.8. The average molecular weight is 552 g/mol. The van der Waals surface area contributed by atoms with Gasteiger partial charge >= 0.3 is 0 Å². The van der Waals surface area contributed by atoms with Crippen LogP contribution < -0.4 is 0 Å². The Hall–Kier alpha value is -5.57. The van der Waals surface area contributed by atoms with Gasteiger partial charge in [-0.25, -0.2) is 13.8 Å². The fourth-order valence-corrected chi connectivity index (χ4v) is 5.81. The van der Waals surface area contributed by atoms with Gasteiger partial charge in [0.05, 0.1) is 51.8 Å². The minimum Gasteiger partial charge on any atom is -0.247 e. The van der Waals surface area contributed by atoms with Gasteiger partial charge in [-0.2, -0.15) is 19.3 Å². The highest BCUT2D eigenvalue weighted by Gasteiger charge is 2.21. The van der Waals surface area contributed by atoms with Crippen LogP contribution in [0.15, 0.2) is 91.0 Å². The molecule has 2 heterocycles. The number of benzene rings is 5. The van der Waals surface area contributed by atoms with Crippen molar-refractivity contribution in [2.45, 2.75) is 0 Å². The zero-order chi connectivity index (χ0) is 28.1. The molecule has 0 atom stereocenters. The lowest BCUT2D eigenvalue weighted by molar-refractivity contribution is 0.589. The van der Waals surface area contributed by atoms with Crippen LogP contribution in [0.5, 0.6) is 0 Å². The quantitative estimate of drug-likeness (QED) is 0.206. The molecule has 0 aliphatic carbocycles. The van der Waals surface area contributed by atoms with Crippen LogP contribution in [-0.4, -0.2) is 13.7 Å². The lowest BCUT2D eigenvalue weighted by Crippen LogP contribution is -1.95. The van der Waals surface area contributed by atoms with E-state index in [1.807, 2.05) is 42.5 Å². The molecule has 8 heteroatoms. The van der Waals surface area contributed by atoms with Gasteiger partial charge in [-0.1, -0.05) is 54.6 Å². The Balaban J connectivity index is 1.58. The summed E-state index contributed by atoms with van der Waals surface area (Å²) in [7, 11) is 0. The largest absolute Gasteiger partial charge is 0.247 e. The molecule has 0 saturated carbocycles. The maximum Gasteiger partial charge on any atom is 0.135 e. The van der Waals surface area contributed by atoms with Gasteiger partial charge in [0.25, 0.3) is 0 Å². The van der Waals surface area contributed by atoms with E-state index in [1.165, 1.54) is 0 Å². The molecule has 0 fully saturated rings. The van der Waals surface area contributed by atoms with Crippen molar-refractivity contribution in [1.82, 2.24) is 13.7 Å². The number of nitrogens with zero attached hydrogens (tertiary/aromatic N) is 5. The summed E-state index contributed by atoms with van der Waals surface area (Å²) in [5.41, 5.74) is 5.78. The van der Waals surface area contributed by atoms with Gasteiger partial charge < -0.3 is 0 Å². The van der Waals surface area contributed by atoms with E-state index in [2.05, 4.69) is 20.9 Å². The van der Waals surface area contributed by atoms with Crippen LogP contribution in [0.2, 0.25) is 0 Å². The Morgan fingerprint density at radius 1 is 0.634 bits per heavy atom. The van der Waals surface area contributed by atoms with E-state index in [4.69, 9.17) is 10.2 Å². The molecule has 0 unspecified atom stereocenters. The van der Waals surface area contributed by atoms with Gasteiger partial charge in [0.2, 0.25) is 0 Å². The van der Waals surface area contributed by atoms with Crippen LogP contribution in [-0.2, 0) is 0 Å². The predicted octanol–water partition coefficient (Wildman–Crippen LogP) is 8.42. The Kier molecular flexibility index (Phi) is 5.71. The Labute approximate surface area is 236 Å². The highest BCUT2D eigenvalue weighted by atomic mass is 32.1. The molecule has 7 aromatic rings. The normalized spacial score (nSPS) is 11.1. The minimum atomic E-state index is -0.826. The Morgan fingerprint density at radius 2 is 1.32 bits per heavy atom. The molecule has 41 heavy (non-hydrogen) atoms. The molecule has 5 aromatic carbocycles. The second kappa shape index (κ2) is 9.56. The van der Waals surface area contributed by atoms with Gasteiger partial charge in [-0.15, -0.1) is 0 Å². The highest BCUT2D eigenvalue weighted by Crippen LogP contribution is 2.42.